The zero-order chi connectivity index (χ0) is 10.8. The topological polar surface area (TPSA) is 38.7 Å². The van der Waals surface area contributed by atoms with Gasteiger partial charge >= 0.3 is 0 Å². The third kappa shape index (κ3) is 2.09. The molecule has 0 aromatic heterocycles. The maximum atomic E-state index is 9.39. The molecule has 3 atom stereocenters. The minimum absolute atomic E-state index is 0.107. The van der Waals surface area contributed by atoms with Gasteiger partial charge < -0.3 is 14.6 Å². The Balaban J connectivity index is 2.01. The van der Waals surface area contributed by atoms with Crippen LogP contribution in [-0.4, -0.2) is 30.5 Å². The Morgan fingerprint density at radius 1 is 1.40 bits per heavy atom. The highest BCUT2D eigenvalue weighted by atomic mass is 35.5. The predicted octanol–water partition coefficient (Wildman–Crippen LogP) is 1.87. The summed E-state index contributed by atoms with van der Waals surface area (Å²) >= 11 is 5.95. The molecule has 1 aromatic carbocycles. The average molecular weight is 229 g/mol. The molecule has 1 saturated carbocycles. The third-order valence-corrected chi connectivity index (χ3v) is 2.92. The fraction of sp³-hybridized carbons (Fsp3) is 0.455. The van der Waals surface area contributed by atoms with Crippen LogP contribution in [0.15, 0.2) is 24.3 Å². The number of aliphatic hydroxyl groups is 1. The van der Waals surface area contributed by atoms with Crippen LogP contribution in [0.25, 0.3) is 0 Å². The summed E-state index contributed by atoms with van der Waals surface area (Å²) in [7, 11) is 1.57. The molecule has 1 fully saturated rings. The van der Waals surface area contributed by atoms with E-state index in [0.29, 0.717) is 17.2 Å². The first-order chi connectivity index (χ1) is 7.22. The van der Waals surface area contributed by atoms with Crippen LogP contribution in [0.3, 0.4) is 0 Å². The van der Waals surface area contributed by atoms with Crippen LogP contribution >= 0.6 is 11.6 Å². The van der Waals surface area contributed by atoms with Gasteiger partial charge in [-0.05, 0) is 12.1 Å². The standard InChI is InChI=1S/C11H13ClO3/c1-14-11-8(13)6-10(11)15-9-5-3-2-4-7(9)12/h2-5,8,10-11,13H,6H2,1H3. The van der Waals surface area contributed by atoms with E-state index in [-0.39, 0.29) is 12.2 Å². The van der Waals surface area contributed by atoms with Gasteiger partial charge in [0.1, 0.15) is 18.0 Å². The molecule has 3 unspecified atom stereocenters. The van der Waals surface area contributed by atoms with E-state index in [1.807, 2.05) is 12.1 Å². The monoisotopic (exact) mass is 228 g/mol. The van der Waals surface area contributed by atoms with Crippen LogP contribution in [0.1, 0.15) is 6.42 Å². The Kier molecular flexibility index (Phi) is 3.14. The molecule has 15 heavy (non-hydrogen) atoms. The van der Waals surface area contributed by atoms with Gasteiger partial charge in [0.05, 0.1) is 11.1 Å². The van der Waals surface area contributed by atoms with Crippen molar-refractivity contribution >= 4 is 11.6 Å². The van der Waals surface area contributed by atoms with E-state index in [1.165, 1.54) is 0 Å². The molecule has 0 radical (unpaired) electrons. The number of methoxy groups -OCH3 is 1. The normalized spacial score (nSPS) is 29.7. The highest BCUT2D eigenvalue weighted by molar-refractivity contribution is 6.32. The minimum Gasteiger partial charge on any atom is -0.486 e. The summed E-state index contributed by atoms with van der Waals surface area (Å²) in [6, 6.07) is 7.28. The highest BCUT2D eigenvalue weighted by Gasteiger charge is 2.42. The van der Waals surface area contributed by atoms with Crippen molar-refractivity contribution in [2.45, 2.75) is 24.7 Å². The second kappa shape index (κ2) is 4.39. The molecule has 2 rings (SSSR count). The Morgan fingerprint density at radius 2 is 2.13 bits per heavy atom. The first-order valence-electron chi connectivity index (χ1n) is 4.84. The fourth-order valence-electron chi connectivity index (χ4n) is 1.69. The van der Waals surface area contributed by atoms with Crippen LogP contribution in [0.5, 0.6) is 5.75 Å². The number of aliphatic hydroxyl groups excluding tert-OH is 1. The van der Waals surface area contributed by atoms with Gasteiger partial charge in [0.15, 0.2) is 0 Å². The number of halogens is 1. The van der Waals surface area contributed by atoms with Crippen LogP contribution < -0.4 is 4.74 Å². The lowest BCUT2D eigenvalue weighted by Crippen LogP contribution is -2.54. The van der Waals surface area contributed by atoms with Crippen LogP contribution in [-0.2, 0) is 4.74 Å². The van der Waals surface area contributed by atoms with Crippen molar-refractivity contribution in [3.05, 3.63) is 29.3 Å². The van der Waals surface area contributed by atoms with Gasteiger partial charge in [-0.1, -0.05) is 23.7 Å². The summed E-state index contributed by atoms with van der Waals surface area (Å²) < 4.78 is 10.7. The zero-order valence-electron chi connectivity index (χ0n) is 8.39. The van der Waals surface area contributed by atoms with Crippen molar-refractivity contribution in [1.29, 1.82) is 0 Å². The lowest BCUT2D eigenvalue weighted by atomic mass is 9.88. The quantitative estimate of drug-likeness (QED) is 0.859. The van der Waals surface area contributed by atoms with Crippen molar-refractivity contribution < 1.29 is 14.6 Å². The summed E-state index contributed by atoms with van der Waals surface area (Å²) in [6.07, 6.45) is -0.197. The zero-order valence-corrected chi connectivity index (χ0v) is 9.15. The predicted molar refractivity (Wildman–Crippen MR) is 57.3 cm³/mol. The van der Waals surface area contributed by atoms with Gasteiger partial charge in [0.2, 0.25) is 0 Å². The lowest BCUT2D eigenvalue weighted by molar-refractivity contribution is -0.149. The number of hydrogen-bond donors (Lipinski definition) is 1. The van der Waals surface area contributed by atoms with Crippen LogP contribution in [0, 0.1) is 0 Å². The van der Waals surface area contributed by atoms with E-state index < -0.39 is 6.10 Å². The van der Waals surface area contributed by atoms with Gasteiger partial charge in [-0.3, -0.25) is 0 Å². The van der Waals surface area contributed by atoms with Gasteiger partial charge in [-0.15, -0.1) is 0 Å². The highest BCUT2D eigenvalue weighted by Crippen LogP contribution is 2.31. The SMILES string of the molecule is COC1C(O)CC1Oc1ccccc1Cl. The van der Waals surface area contributed by atoms with E-state index in [9.17, 15) is 5.11 Å². The van der Waals surface area contributed by atoms with Crippen molar-refractivity contribution in [1.82, 2.24) is 0 Å². The Bertz CT molecular complexity index is 342. The molecule has 82 valence electrons. The van der Waals surface area contributed by atoms with Crippen molar-refractivity contribution in [2.75, 3.05) is 7.11 Å². The summed E-state index contributed by atoms with van der Waals surface area (Å²) in [5.41, 5.74) is 0. The maximum absolute atomic E-state index is 9.39. The fourth-order valence-corrected chi connectivity index (χ4v) is 1.87. The number of para-hydroxylation sites is 1. The van der Waals surface area contributed by atoms with Gasteiger partial charge in [0.25, 0.3) is 0 Å². The Morgan fingerprint density at radius 3 is 2.73 bits per heavy atom. The lowest BCUT2D eigenvalue weighted by Gasteiger charge is -2.40. The number of rotatable bonds is 3. The Hall–Kier alpha value is -0.770. The summed E-state index contributed by atoms with van der Waals surface area (Å²) in [6.45, 7) is 0. The Labute approximate surface area is 93.6 Å². The summed E-state index contributed by atoms with van der Waals surface area (Å²) in [4.78, 5) is 0. The molecule has 0 amide bonds. The first kappa shape index (κ1) is 10.7. The van der Waals surface area contributed by atoms with Gasteiger partial charge in [-0.25, -0.2) is 0 Å². The molecular weight excluding hydrogens is 216 g/mol. The molecule has 4 heteroatoms. The molecular formula is C11H13ClO3. The third-order valence-electron chi connectivity index (χ3n) is 2.61. The van der Waals surface area contributed by atoms with Crippen molar-refractivity contribution in [3.63, 3.8) is 0 Å². The van der Waals surface area contributed by atoms with Gasteiger partial charge in [-0.2, -0.15) is 0 Å². The van der Waals surface area contributed by atoms with Crippen LogP contribution in [0.2, 0.25) is 5.02 Å². The van der Waals surface area contributed by atoms with E-state index in [2.05, 4.69) is 0 Å². The van der Waals surface area contributed by atoms with Gasteiger partial charge in [0, 0.05) is 13.5 Å². The molecule has 1 aliphatic carbocycles. The average Bonchev–Trinajstić information content (AvgIpc) is 2.20. The molecule has 0 saturated heterocycles. The van der Waals surface area contributed by atoms with Crippen molar-refractivity contribution in [3.8, 4) is 5.75 Å². The minimum atomic E-state index is -0.428. The molecule has 3 nitrogen and oxygen atoms in total. The number of ether oxygens (including phenoxy) is 2. The smallest absolute Gasteiger partial charge is 0.138 e. The largest absolute Gasteiger partial charge is 0.486 e. The molecule has 0 heterocycles. The van der Waals surface area contributed by atoms with Crippen molar-refractivity contribution in [2.24, 2.45) is 0 Å². The molecule has 1 N–H and O–H groups in total. The molecule has 1 aromatic rings. The maximum Gasteiger partial charge on any atom is 0.138 e. The summed E-state index contributed by atoms with van der Waals surface area (Å²) in [5.74, 6) is 0.637. The molecule has 0 aliphatic heterocycles. The van der Waals surface area contributed by atoms with Crippen LogP contribution in [0.4, 0.5) is 0 Å². The summed E-state index contributed by atoms with van der Waals surface area (Å²) in [5, 5.41) is 9.96. The second-order valence-electron chi connectivity index (χ2n) is 3.59. The first-order valence-corrected chi connectivity index (χ1v) is 5.22. The molecule has 0 bridgehead atoms. The molecule has 0 spiro atoms. The van der Waals surface area contributed by atoms with E-state index in [4.69, 9.17) is 21.1 Å². The molecule has 1 aliphatic rings. The number of benzene rings is 1. The number of hydrogen-bond acceptors (Lipinski definition) is 3. The van der Waals surface area contributed by atoms with E-state index >= 15 is 0 Å². The van der Waals surface area contributed by atoms with E-state index in [1.54, 1.807) is 19.2 Å². The second-order valence-corrected chi connectivity index (χ2v) is 4.00. The van der Waals surface area contributed by atoms with E-state index in [0.717, 1.165) is 0 Å².